The van der Waals surface area contributed by atoms with E-state index >= 15 is 0 Å². The third kappa shape index (κ3) is 4.72. The number of carbonyl (C=O) groups excluding carboxylic acids is 1. The molecule has 6 heteroatoms. The maximum Gasteiger partial charge on any atom is 0.319 e. The molecule has 19 heavy (non-hydrogen) atoms. The number of hydrogen-bond donors (Lipinski definition) is 1. The largest absolute Gasteiger partial charge is 0.493 e. The maximum atomic E-state index is 11.2. The molecule has 0 aromatic heterocycles. The number of esters is 1. The molecule has 0 amide bonds. The van der Waals surface area contributed by atoms with E-state index in [4.69, 9.17) is 14.2 Å². The zero-order valence-electron chi connectivity index (χ0n) is 11.3. The standard InChI is InChI=1S/C13H18BrNO4/c1-4-19-12(16)8-15-7-9-5-10(14)13(18-3)11(6-9)17-2/h5-6,15H,4,7-8H2,1-3H3. The predicted octanol–water partition coefficient (Wildman–Crippen LogP) is 2.12. The average molecular weight is 332 g/mol. The van der Waals surface area contributed by atoms with Crippen molar-refractivity contribution >= 4 is 21.9 Å². The van der Waals surface area contributed by atoms with Crippen LogP contribution in [0.1, 0.15) is 12.5 Å². The van der Waals surface area contributed by atoms with E-state index in [2.05, 4.69) is 21.2 Å². The molecule has 0 heterocycles. The quantitative estimate of drug-likeness (QED) is 0.775. The van der Waals surface area contributed by atoms with E-state index in [0.717, 1.165) is 10.0 Å². The van der Waals surface area contributed by atoms with Gasteiger partial charge >= 0.3 is 5.97 Å². The van der Waals surface area contributed by atoms with Crippen molar-refractivity contribution in [3.63, 3.8) is 0 Å². The summed E-state index contributed by atoms with van der Waals surface area (Å²) in [5.41, 5.74) is 0.980. The number of carbonyl (C=O) groups is 1. The summed E-state index contributed by atoms with van der Waals surface area (Å²) in [6.45, 7) is 2.89. The van der Waals surface area contributed by atoms with Crippen molar-refractivity contribution in [1.82, 2.24) is 5.32 Å². The smallest absolute Gasteiger partial charge is 0.319 e. The minimum atomic E-state index is -0.262. The number of benzene rings is 1. The molecule has 1 aromatic carbocycles. The fraction of sp³-hybridized carbons (Fsp3) is 0.462. The molecular weight excluding hydrogens is 314 g/mol. The molecule has 1 N–H and O–H groups in total. The van der Waals surface area contributed by atoms with E-state index in [1.807, 2.05) is 12.1 Å². The Morgan fingerprint density at radius 3 is 2.63 bits per heavy atom. The Labute approximate surface area is 121 Å². The van der Waals surface area contributed by atoms with Gasteiger partial charge in [0.25, 0.3) is 0 Å². The van der Waals surface area contributed by atoms with E-state index in [0.29, 0.717) is 24.7 Å². The third-order valence-electron chi connectivity index (χ3n) is 2.40. The summed E-state index contributed by atoms with van der Waals surface area (Å²) in [6, 6.07) is 3.78. The Hall–Kier alpha value is -1.27. The zero-order chi connectivity index (χ0) is 14.3. The van der Waals surface area contributed by atoms with E-state index in [-0.39, 0.29) is 12.5 Å². The molecule has 0 aliphatic carbocycles. The van der Waals surface area contributed by atoms with Crippen LogP contribution in [0.2, 0.25) is 0 Å². The summed E-state index contributed by atoms with van der Waals surface area (Å²) >= 11 is 3.42. The highest BCUT2D eigenvalue weighted by Gasteiger charge is 2.10. The molecular formula is C13H18BrNO4. The first-order valence-corrected chi connectivity index (χ1v) is 6.68. The second kappa shape index (κ2) is 8.01. The van der Waals surface area contributed by atoms with Gasteiger partial charge in [-0.2, -0.15) is 0 Å². The molecule has 106 valence electrons. The van der Waals surface area contributed by atoms with Crippen molar-refractivity contribution in [1.29, 1.82) is 0 Å². The van der Waals surface area contributed by atoms with Crippen LogP contribution in [-0.4, -0.2) is 33.3 Å². The first kappa shape index (κ1) is 15.8. The second-order valence-electron chi connectivity index (χ2n) is 3.72. The van der Waals surface area contributed by atoms with Gasteiger partial charge in [-0.25, -0.2) is 0 Å². The van der Waals surface area contributed by atoms with Gasteiger partial charge in [0, 0.05) is 6.54 Å². The summed E-state index contributed by atoms with van der Waals surface area (Å²) in [4.78, 5) is 11.2. The minimum absolute atomic E-state index is 0.180. The maximum absolute atomic E-state index is 11.2. The summed E-state index contributed by atoms with van der Waals surface area (Å²) in [5, 5.41) is 3.01. The highest BCUT2D eigenvalue weighted by molar-refractivity contribution is 9.10. The normalized spacial score (nSPS) is 10.1. The van der Waals surface area contributed by atoms with Gasteiger partial charge in [-0.3, -0.25) is 4.79 Å². The Kier molecular flexibility index (Phi) is 6.66. The fourth-order valence-electron chi connectivity index (χ4n) is 1.59. The summed E-state index contributed by atoms with van der Waals surface area (Å²) in [7, 11) is 3.17. The molecule has 0 saturated heterocycles. The number of hydrogen-bond acceptors (Lipinski definition) is 5. The van der Waals surface area contributed by atoms with Gasteiger partial charge in [0.1, 0.15) is 0 Å². The van der Waals surface area contributed by atoms with E-state index < -0.39 is 0 Å². The summed E-state index contributed by atoms with van der Waals surface area (Å²) in [6.07, 6.45) is 0. The van der Waals surface area contributed by atoms with Crippen LogP contribution in [0.25, 0.3) is 0 Å². The molecule has 5 nitrogen and oxygen atoms in total. The van der Waals surface area contributed by atoms with E-state index in [9.17, 15) is 4.79 Å². The number of halogens is 1. The highest BCUT2D eigenvalue weighted by Crippen LogP contribution is 2.36. The van der Waals surface area contributed by atoms with Crippen LogP contribution < -0.4 is 14.8 Å². The molecule has 0 aliphatic rings. The number of methoxy groups -OCH3 is 2. The van der Waals surface area contributed by atoms with E-state index in [1.54, 1.807) is 21.1 Å². The molecule has 0 aliphatic heterocycles. The van der Waals surface area contributed by atoms with Crippen molar-refractivity contribution in [2.45, 2.75) is 13.5 Å². The van der Waals surface area contributed by atoms with Gasteiger partial charge in [0.15, 0.2) is 11.5 Å². The van der Waals surface area contributed by atoms with Crippen molar-refractivity contribution < 1.29 is 19.0 Å². The van der Waals surface area contributed by atoms with Crippen LogP contribution >= 0.6 is 15.9 Å². The molecule has 0 unspecified atom stereocenters. The lowest BCUT2D eigenvalue weighted by molar-refractivity contribution is -0.142. The predicted molar refractivity (Wildman–Crippen MR) is 75.6 cm³/mol. The van der Waals surface area contributed by atoms with Gasteiger partial charge in [0.2, 0.25) is 0 Å². The Bertz CT molecular complexity index is 437. The molecule has 1 rings (SSSR count). The van der Waals surface area contributed by atoms with Gasteiger partial charge in [-0.05, 0) is 40.5 Å². The van der Waals surface area contributed by atoms with Gasteiger partial charge < -0.3 is 19.5 Å². The molecule has 0 fully saturated rings. The molecule has 0 bridgehead atoms. The molecule has 0 radical (unpaired) electrons. The molecule has 0 atom stereocenters. The van der Waals surface area contributed by atoms with Crippen LogP contribution in [-0.2, 0) is 16.1 Å². The summed E-state index contributed by atoms with van der Waals surface area (Å²) in [5.74, 6) is 1.03. The zero-order valence-corrected chi connectivity index (χ0v) is 12.9. The lowest BCUT2D eigenvalue weighted by atomic mass is 10.2. The first-order chi connectivity index (χ1) is 9.12. The van der Waals surface area contributed by atoms with Gasteiger partial charge in [-0.15, -0.1) is 0 Å². The van der Waals surface area contributed by atoms with Crippen molar-refractivity contribution in [2.24, 2.45) is 0 Å². The number of rotatable bonds is 7. The second-order valence-corrected chi connectivity index (χ2v) is 4.58. The lowest BCUT2D eigenvalue weighted by Crippen LogP contribution is -2.24. The Balaban J connectivity index is 2.64. The monoisotopic (exact) mass is 331 g/mol. The minimum Gasteiger partial charge on any atom is -0.493 e. The van der Waals surface area contributed by atoms with Crippen LogP contribution in [0.3, 0.4) is 0 Å². The van der Waals surface area contributed by atoms with E-state index in [1.165, 1.54) is 0 Å². The SMILES string of the molecule is CCOC(=O)CNCc1cc(Br)c(OC)c(OC)c1. The molecule has 1 aromatic rings. The number of nitrogens with one attached hydrogen (secondary N) is 1. The Morgan fingerprint density at radius 2 is 2.05 bits per heavy atom. The van der Waals surface area contributed by atoms with Gasteiger partial charge in [0.05, 0.1) is 31.8 Å². The van der Waals surface area contributed by atoms with Crippen LogP contribution in [0.5, 0.6) is 11.5 Å². The molecule has 0 spiro atoms. The Morgan fingerprint density at radius 1 is 1.32 bits per heavy atom. The topological polar surface area (TPSA) is 56.8 Å². The average Bonchev–Trinajstić information content (AvgIpc) is 2.38. The van der Waals surface area contributed by atoms with Crippen molar-refractivity contribution in [2.75, 3.05) is 27.4 Å². The number of ether oxygens (including phenoxy) is 3. The third-order valence-corrected chi connectivity index (χ3v) is 2.99. The van der Waals surface area contributed by atoms with Gasteiger partial charge in [-0.1, -0.05) is 0 Å². The van der Waals surface area contributed by atoms with Crippen molar-refractivity contribution in [3.05, 3.63) is 22.2 Å². The fourth-order valence-corrected chi connectivity index (χ4v) is 2.25. The molecule has 0 saturated carbocycles. The lowest BCUT2D eigenvalue weighted by Gasteiger charge is -2.12. The van der Waals surface area contributed by atoms with Crippen molar-refractivity contribution in [3.8, 4) is 11.5 Å². The highest BCUT2D eigenvalue weighted by atomic mass is 79.9. The van der Waals surface area contributed by atoms with Crippen LogP contribution in [0.4, 0.5) is 0 Å². The first-order valence-electron chi connectivity index (χ1n) is 5.89. The van der Waals surface area contributed by atoms with Crippen LogP contribution in [0, 0.1) is 0 Å². The summed E-state index contributed by atoms with van der Waals surface area (Å²) < 4.78 is 16.1. The van der Waals surface area contributed by atoms with Crippen LogP contribution in [0.15, 0.2) is 16.6 Å².